The molecule has 5 nitrogen and oxygen atoms in total. The Balaban J connectivity index is 2.02. The Morgan fingerprint density at radius 3 is 2.42 bits per heavy atom. The van der Waals surface area contributed by atoms with Gasteiger partial charge in [0.15, 0.2) is 5.58 Å². The zero-order valence-corrected chi connectivity index (χ0v) is 15.6. The van der Waals surface area contributed by atoms with E-state index in [1.54, 1.807) is 50.2 Å². The van der Waals surface area contributed by atoms with Crippen molar-refractivity contribution in [3.05, 3.63) is 63.3 Å². The van der Waals surface area contributed by atoms with Crippen molar-refractivity contribution in [2.45, 2.75) is 13.8 Å². The number of fused-ring (bicyclic) bond motifs is 1. The SMILES string of the molecule is CCOC(=O)c1oc2c(NC(=O)c3c(Cl)cccc3Cl)cccc2c1C. The summed E-state index contributed by atoms with van der Waals surface area (Å²) in [7, 11) is 0. The third-order valence-electron chi connectivity index (χ3n) is 3.86. The number of ether oxygens (including phenoxy) is 1. The molecular weight excluding hydrogens is 377 g/mol. The van der Waals surface area contributed by atoms with E-state index in [0.717, 1.165) is 0 Å². The van der Waals surface area contributed by atoms with Crippen LogP contribution in [0.1, 0.15) is 33.4 Å². The highest BCUT2D eigenvalue weighted by molar-refractivity contribution is 6.40. The van der Waals surface area contributed by atoms with Crippen LogP contribution in [0.3, 0.4) is 0 Å². The third kappa shape index (κ3) is 3.28. The van der Waals surface area contributed by atoms with E-state index in [-0.39, 0.29) is 28.0 Å². The van der Waals surface area contributed by atoms with Gasteiger partial charge in [-0.05, 0) is 32.0 Å². The fourth-order valence-corrected chi connectivity index (χ4v) is 3.20. The van der Waals surface area contributed by atoms with E-state index in [1.165, 1.54) is 0 Å². The van der Waals surface area contributed by atoms with Gasteiger partial charge in [0.25, 0.3) is 5.91 Å². The summed E-state index contributed by atoms with van der Waals surface area (Å²) in [6.45, 7) is 3.72. The highest BCUT2D eigenvalue weighted by Crippen LogP contribution is 2.32. The van der Waals surface area contributed by atoms with Gasteiger partial charge >= 0.3 is 5.97 Å². The molecule has 0 radical (unpaired) electrons. The van der Waals surface area contributed by atoms with Gasteiger partial charge < -0.3 is 14.5 Å². The average molecular weight is 392 g/mol. The summed E-state index contributed by atoms with van der Waals surface area (Å²) in [6, 6.07) is 10.0. The number of amides is 1. The molecule has 0 aliphatic carbocycles. The van der Waals surface area contributed by atoms with Crippen LogP contribution in [-0.2, 0) is 4.74 Å². The number of carbonyl (C=O) groups excluding carboxylic acids is 2. The molecule has 1 amide bonds. The number of carbonyl (C=O) groups is 2. The Morgan fingerprint density at radius 2 is 1.77 bits per heavy atom. The maximum absolute atomic E-state index is 12.6. The molecule has 1 aromatic heterocycles. The Bertz CT molecular complexity index is 990. The highest BCUT2D eigenvalue weighted by Gasteiger charge is 2.22. The number of hydrogen-bond acceptors (Lipinski definition) is 4. The molecule has 0 spiro atoms. The van der Waals surface area contributed by atoms with Crippen molar-refractivity contribution >= 4 is 51.7 Å². The summed E-state index contributed by atoms with van der Waals surface area (Å²) >= 11 is 12.2. The van der Waals surface area contributed by atoms with Crippen molar-refractivity contribution in [1.29, 1.82) is 0 Å². The van der Waals surface area contributed by atoms with Gasteiger partial charge in [0, 0.05) is 10.9 Å². The first-order valence-corrected chi connectivity index (χ1v) is 8.64. The molecule has 134 valence electrons. The zero-order chi connectivity index (χ0) is 18.8. The summed E-state index contributed by atoms with van der Waals surface area (Å²) < 4.78 is 10.7. The van der Waals surface area contributed by atoms with Crippen molar-refractivity contribution in [1.82, 2.24) is 0 Å². The monoisotopic (exact) mass is 391 g/mol. The van der Waals surface area contributed by atoms with E-state index < -0.39 is 11.9 Å². The molecule has 0 unspecified atom stereocenters. The maximum atomic E-state index is 12.6. The average Bonchev–Trinajstić information content (AvgIpc) is 2.93. The number of aryl methyl sites for hydroxylation is 1. The summed E-state index contributed by atoms with van der Waals surface area (Å²) in [5, 5.41) is 3.93. The van der Waals surface area contributed by atoms with Gasteiger partial charge in [0.05, 0.1) is 27.9 Å². The number of halogens is 2. The maximum Gasteiger partial charge on any atom is 0.374 e. The summed E-state index contributed by atoms with van der Waals surface area (Å²) in [6.07, 6.45) is 0. The Kier molecular flexibility index (Phi) is 5.20. The van der Waals surface area contributed by atoms with Crippen molar-refractivity contribution in [2.24, 2.45) is 0 Å². The van der Waals surface area contributed by atoms with Crippen molar-refractivity contribution in [2.75, 3.05) is 11.9 Å². The van der Waals surface area contributed by atoms with E-state index in [4.69, 9.17) is 32.4 Å². The molecule has 0 atom stereocenters. The molecule has 0 saturated heterocycles. The fraction of sp³-hybridized carbons (Fsp3) is 0.158. The van der Waals surface area contributed by atoms with Crippen LogP contribution in [0.15, 0.2) is 40.8 Å². The first-order chi connectivity index (χ1) is 12.4. The van der Waals surface area contributed by atoms with E-state index in [9.17, 15) is 9.59 Å². The van der Waals surface area contributed by atoms with Crippen LogP contribution >= 0.6 is 23.2 Å². The Labute approximate surface area is 159 Å². The lowest BCUT2D eigenvalue weighted by atomic mass is 10.1. The summed E-state index contributed by atoms with van der Waals surface area (Å²) in [5.74, 6) is -0.910. The van der Waals surface area contributed by atoms with Crippen LogP contribution in [0, 0.1) is 6.92 Å². The van der Waals surface area contributed by atoms with E-state index in [0.29, 0.717) is 22.2 Å². The molecule has 0 fully saturated rings. The van der Waals surface area contributed by atoms with Crippen LogP contribution in [0.25, 0.3) is 11.0 Å². The van der Waals surface area contributed by atoms with Gasteiger partial charge in [-0.15, -0.1) is 0 Å². The zero-order valence-electron chi connectivity index (χ0n) is 14.1. The third-order valence-corrected chi connectivity index (χ3v) is 4.49. The minimum absolute atomic E-state index is 0.110. The van der Waals surface area contributed by atoms with Crippen LogP contribution in [0.5, 0.6) is 0 Å². The molecule has 0 aliphatic rings. The number of rotatable bonds is 4. The quantitative estimate of drug-likeness (QED) is 0.598. The number of hydrogen-bond donors (Lipinski definition) is 1. The summed E-state index contributed by atoms with van der Waals surface area (Å²) in [4.78, 5) is 24.7. The molecule has 7 heteroatoms. The van der Waals surface area contributed by atoms with Crippen LogP contribution in [0.4, 0.5) is 5.69 Å². The van der Waals surface area contributed by atoms with E-state index >= 15 is 0 Å². The topological polar surface area (TPSA) is 68.5 Å². The summed E-state index contributed by atoms with van der Waals surface area (Å²) in [5.41, 5.74) is 1.60. The normalized spacial score (nSPS) is 10.8. The number of anilines is 1. The van der Waals surface area contributed by atoms with Gasteiger partial charge in [-0.2, -0.15) is 0 Å². The van der Waals surface area contributed by atoms with Crippen LogP contribution in [-0.4, -0.2) is 18.5 Å². The molecular formula is C19H15Cl2NO4. The second-order valence-corrected chi connectivity index (χ2v) is 6.32. The van der Waals surface area contributed by atoms with E-state index in [1.807, 2.05) is 0 Å². The molecule has 1 N–H and O–H groups in total. The standard InChI is InChI=1S/C19H15Cl2NO4/c1-3-25-19(24)16-10(2)11-6-4-9-14(17(11)26-16)22-18(23)15-12(20)7-5-8-13(15)21/h4-9H,3H2,1-2H3,(H,22,23). The minimum Gasteiger partial charge on any atom is -0.460 e. The van der Waals surface area contributed by atoms with Crippen LogP contribution in [0.2, 0.25) is 10.0 Å². The van der Waals surface area contributed by atoms with E-state index in [2.05, 4.69) is 5.32 Å². The lowest BCUT2D eigenvalue weighted by Gasteiger charge is -2.08. The largest absolute Gasteiger partial charge is 0.460 e. The Hall–Kier alpha value is -2.50. The predicted octanol–water partition coefficient (Wildman–Crippen LogP) is 5.48. The van der Waals surface area contributed by atoms with Crippen molar-refractivity contribution in [3.8, 4) is 0 Å². The first kappa shape index (κ1) is 18.3. The number of esters is 1. The molecule has 2 aromatic carbocycles. The second-order valence-electron chi connectivity index (χ2n) is 5.51. The smallest absolute Gasteiger partial charge is 0.374 e. The van der Waals surface area contributed by atoms with Gasteiger partial charge in [-0.1, -0.05) is 41.4 Å². The molecule has 26 heavy (non-hydrogen) atoms. The number of nitrogens with one attached hydrogen (secondary N) is 1. The molecule has 0 aliphatic heterocycles. The molecule has 3 aromatic rings. The number of para-hydroxylation sites is 1. The second kappa shape index (κ2) is 7.40. The van der Waals surface area contributed by atoms with Gasteiger partial charge in [-0.3, -0.25) is 4.79 Å². The molecule has 0 saturated carbocycles. The first-order valence-electron chi connectivity index (χ1n) is 7.88. The Morgan fingerprint density at radius 1 is 1.12 bits per heavy atom. The van der Waals surface area contributed by atoms with Crippen LogP contribution < -0.4 is 5.32 Å². The predicted molar refractivity (Wildman–Crippen MR) is 101 cm³/mol. The molecule has 3 rings (SSSR count). The number of furan rings is 1. The molecule has 1 heterocycles. The number of benzene rings is 2. The van der Waals surface area contributed by atoms with Crippen molar-refractivity contribution in [3.63, 3.8) is 0 Å². The minimum atomic E-state index is -0.548. The molecule has 0 bridgehead atoms. The van der Waals surface area contributed by atoms with Gasteiger partial charge in [0.1, 0.15) is 0 Å². The van der Waals surface area contributed by atoms with Gasteiger partial charge in [-0.25, -0.2) is 4.79 Å². The van der Waals surface area contributed by atoms with Crippen molar-refractivity contribution < 1.29 is 18.7 Å². The highest BCUT2D eigenvalue weighted by atomic mass is 35.5. The van der Waals surface area contributed by atoms with Gasteiger partial charge in [0.2, 0.25) is 5.76 Å². The fourth-order valence-electron chi connectivity index (χ4n) is 2.63. The lowest BCUT2D eigenvalue weighted by molar-refractivity contribution is 0.0491. The lowest BCUT2D eigenvalue weighted by Crippen LogP contribution is -2.13.